The molecule has 2 aromatic rings. The highest BCUT2D eigenvalue weighted by atomic mass is 19.4. The minimum Gasteiger partial charge on any atom is -0.338 e. The Labute approximate surface area is 136 Å². The third-order valence-corrected chi connectivity index (χ3v) is 4.21. The summed E-state index contributed by atoms with van der Waals surface area (Å²) in [6.07, 6.45) is -0.677. The van der Waals surface area contributed by atoms with E-state index in [1.807, 2.05) is 13.0 Å². The molecule has 3 rings (SSSR count). The van der Waals surface area contributed by atoms with Gasteiger partial charge in [0.1, 0.15) is 17.2 Å². The van der Waals surface area contributed by atoms with Crippen LogP contribution in [-0.2, 0) is 6.18 Å². The number of piperidine rings is 1. The minimum atomic E-state index is -4.44. The van der Waals surface area contributed by atoms with Gasteiger partial charge in [-0.25, -0.2) is 4.98 Å². The molecule has 3 heterocycles. The van der Waals surface area contributed by atoms with Crippen LogP contribution in [-0.4, -0.2) is 38.8 Å². The van der Waals surface area contributed by atoms with Crippen molar-refractivity contribution in [2.24, 2.45) is 0 Å². The number of alkyl halides is 3. The van der Waals surface area contributed by atoms with Gasteiger partial charge in [-0.15, -0.1) is 0 Å². The zero-order chi connectivity index (χ0) is 17.3. The average molecular weight is 338 g/mol. The number of rotatable bonds is 2. The molecule has 5 nitrogen and oxygen atoms in total. The van der Waals surface area contributed by atoms with Gasteiger partial charge in [0.25, 0.3) is 5.91 Å². The van der Waals surface area contributed by atoms with Crippen LogP contribution < -0.4 is 0 Å². The van der Waals surface area contributed by atoms with E-state index >= 15 is 0 Å². The maximum atomic E-state index is 12.7. The van der Waals surface area contributed by atoms with Crippen LogP contribution in [0.5, 0.6) is 0 Å². The van der Waals surface area contributed by atoms with Crippen molar-refractivity contribution in [2.75, 3.05) is 13.1 Å². The van der Waals surface area contributed by atoms with Crippen molar-refractivity contribution in [3.05, 3.63) is 47.3 Å². The molecular formula is C16H17F3N4O. The lowest BCUT2D eigenvalue weighted by atomic mass is 9.97. The highest BCUT2D eigenvalue weighted by molar-refractivity contribution is 5.93. The Hall–Kier alpha value is -2.38. The zero-order valence-corrected chi connectivity index (χ0v) is 13.1. The fraction of sp³-hybridized carbons (Fsp3) is 0.438. The van der Waals surface area contributed by atoms with E-state index in [0.29, 0.717) is 31.6 Å². The summed E-state index contributed by atoms with van der Waals surface area (Å²) in [5.74, 6) is -0.152. The molecule has 0 spiro atoms. The highest BCUT2D eigenvalue weighted by Gasteiger charge is 2.35. The molecule has 1 atom stereocenters. The van der Waals surface area contributed by atoms with Crippen molar-refractivity contribution in [1.29, 1.82) is 0 Å². The number of halogens is 3. The highest BCUT2D eigenvalue weighted by Crippen LogP contribution is 2.31. The molecule has 1 aliphatic heterocycles. The Morgan fingerprint density at radius 2 is 2.17 bits per heavy atom. The molecule has 1 N–H and O–H groups in total. The van der Waals surface area contributed by atoms with Crippen molar-refractivity contribution in [3.8, 4) is 0 Å². The smallest absolute Gasteiger partial charge is 0.338 e. The second kappa shape index (κ2) is 6.26. The molecule has 1 aliphatic rings. The fourth-order valence-electron chi connectivity index (χ4n) is 2.93. The summed E-state index contributed by atoms with van der Waals surface area (Å²) in [7, 11) is 0. The van der Waals surface area contributed by atoms with Gasteiger partial charge >= 0.3 is 6.18 Å². The van der Waals surface area contributed by atoms with Gasteiger partial charge in [0.2, 0.25) is 0 Å². The Balaban J connectivity index is 1.76. The summed E-state index contributed by atoms with van der Waals surface area (Å²) in [5.41, 5.74) is 0.303. The number of nitrogens with zero attached hydrogens (tertiary/aromatic N) is 3. The van der Waals surface area contributed by atoms with E-state index in [1.165, 1.54) is 0 Å². The molecule has 1 amide bonds. The van der Waals surface area contributed by atoms with Crippen molar-refractivity contribution in [3.63, 3.8) is 0 Å². The second-order valence-corrected chi connectivity index (χ2v) is 5.94. The molecule has 0 unspecified atom stereocenters. The normalized spacial score (nSPS) is 18.7. The lowest BCUT2D eigenvalue weighted by molar-refractivity contribution is -0.141. The first-order chi connectivity index (χ1) is 11.4. The number of nitrogens with one attached hydrogen (secondary N) is 1. The molecule has 8 heteroatoms. The third kappa shape index (κ3) is 3.27. The van der Waals surface area contributed by atoms with Gasteiger partial charge in [-0.05, 0) is 31.4 Å². The largest absolute Gasteiger partial charge is 0.432 e. The number of carbonyl (C=O) groups excluding carboxylic acids is 1. The molecule has 1 fully saturated rings. The summed E-state index contributed by atoms with van der Waals surface area (Å²) in [5, 5.41) is 0. The Morgan fingerprint density at radius 3 is 2.83 bits per heavy atom. The number of imidazole rings is 1. The van der Waals surface area contributed by atoms with E-state index in [-0.39, 0.29) is 17.6 Å². The van der Waals surface area contributed by atoms with Gasteiger partial charge in [0.15, 0.2) is 0 Å². The molecule has 0 radical (unpaired) electrons. The third-order valence-electron chi connectivity index (χ3n) is 4.21. The number of carbonyl (C=O) groups is 1. The minimum absolute atomic E-state index is 0.194. The van der Waals surface area contributed by atoms with E-state index in [9.17, 15) is 18.0 Å². The first-order valence-corrected chi connectivity index (χ1v) is 7.69. The molecule has 128 valence electrons. The predicted octanol–water partition coefficient (Wildman–Crippen LogP) is 3.15. The van der Waals surface area contributed by atoms with E-state index in [2.05, 4.69) is 15.0 Å². The van der Waals surface area contributed by atoms with E-state index in [4.69, 9.17) is 0 Å². The molecule has 24 heavy (non-hydrogen) atoms. The second-order valence-electron chi connectivity index (χ2n) is 5.94. The fourth-order valence-corrected chi connectivity index (χ4v) is 2.93. The number of aryl methyl sites for hydroxylation is 1. The molecule has 0 aromatic carbocycles. The topological polar surface area (TPSA) is 61.9 Å². The van der Waals surface area contributed by atoms with Crippen LogP contribution in [0.1, 0.15) is 46.3 Å². The first kappa shape index (κ1) is 16.5. The van der Waals surface area contributed by atoms with E-state index in [0.717, 1.165) is 11.8 Å². The predicted molar refractivity (Wildman–Crippen MR) is 80.4 cm³/mol. The molecule has 0 bridgehead atoms. The number of hydrogen-bond acceptors (Lipinski definition) is 3. The maximum Gasteiger partial charge on any atom is 0.432 e. The molecule has 1 saturated heterocycles. The van der Waals surface area contributed by atoms with Gasteiger partial charge in [-0.3, -0.25) is 9.78 Å². The quantitative estimate of drug-likeness (QED) is 0.915. The van der Waals surface area contributed by atoms with Gasteiger partial charge < -0.3 is 9.88 Å². The Morgan fingerprint density at radius 1 is 1.38 bits per heavy atom. The molecule has 0 aliphatic carbocycles. The van der Waals surface area contributed by atoms with Crippen LogP contribution in [0, 0.1) is 6.92 Å². The number of aromatic amines is 1. The summed E-state index contributed by atoms with van der Waals surface area (Å²) in [6.45, 7) is 2.71. The average Bonchev–Trinajstić information content (AvgIpc) is 3.05. The van der Waals surface area contributed by atoms with Crippen LogP contribution in [0.3, 0.4) is 0 Å². The number of pyridine rings is 1. The summed E-state index contributed by atoms with van der Waals surface area (Å²) in [4.78, 5) is 24.6. The van der Waals surface area contributed by atoms with Crippen LogP contribution in [0.2, 0.25) is 0 Å². The van der Waals surface area contributed by atoms with Crippen molar-refractivity contribution in [2.45, 2.75) is 31.9 Å². The summed E-state index contributed by atoms with van der Waals surface area (Å²) in [6, 6.07) is 3.57. The van der Waals surface area contributed by atoms with Crippen LogP contribution in [0.25, 0.3) is 0 Å². The molecule has 0 saturated carbocycles. The zero-order valence-electron chi connectivity index (χ0n) is 13.1. The van der Waals surface area contributed by atoms with E-state index < -0.39 is 11.9 Å². The van der Waals surface area contributed by atoms with E-state index in [1.54, 1.807) is 17.2 Å². The number of H-pyrrole nitrogens is 1. The van der Waals surface area contributed by atoms with Crippen molar-refractivity contribution < 1.29 is 18.0 Å². The summed E-state index contributed by atoms with van der Waals surface area (Å²) >= 11 is 0. The van der Waals surface area contributed by atoms with Gasteiger partial charge in [-0.2, -0.15) is 13.2 Å². The Kier molecular flexibility index (Phi) is 4.29. The monoisotopic (exact) mass is 338 g/mol. The van der Waals surface area contributed by atoms with Crippen molar-refractivity contribution >= 4 is 5.91 Å². The molecule has 2 aromatic heterocycles. The van der Waals surface area contributed by atoms with Crippen LogP contribution in [0.4, 0.5) is 13.2 Å². The van der Waals surface area contributed by atoms with Gasteiger partial charge in [-0.1, -0.05) is 6.07 Å². The van der Waals surface area contributed by atoms with Crippen LogP contribution >= 0.6 is 0 Å². The first-order valence-electron chi connectivity index (χ1n) is 7.69. The lowest BCUT2D eigenvalue weighted by Crippen LogP contribution is -2.40. The standard InChI is InChI=1S/C16H17F3N4O/c1-10-4-2-6-20-13(10)15(24)23-7-3-5-11(9-23)14-21-8-12(22-14)16(17,18)19/h2,4,6,8,11H,3,5,7,9H2,1H3,(H,21,22)/t11-/m0/s1. The SMILES string of the molecule is Cc1cccnc1C(=O)N1CCC[C@H](c2ncc(C(F)(F)F)[nH]2)C1. The number of likely N-dealkylation sites (tertiary alicyclic amines) is 1. The molecular weight excluding hydrogens is 321 g/mol. The number of amides is 1. The van der Waals surface area contributed by atoms with Gasteiger partial charge in [0.05, 0.1) is 6.20 Å². The number of aromatic nitrogens is 3. The maximum absolute atomic E-state index is 12.7. The van der Waals surface area contributed by atoms with Crippen molar-refractivity contribution in [1.82, 2.24) is 19.9 Å². The summed E-state index contributed by atoms with van der Waals surface area (Å²) < 4.78 is 38.1. The van der Waals surface area contributed by atoms with Gasteiger partial charge in [0, 0.05) is 25.2 Å². The number of hydrogen-bond donors (Lipinski definition) is 1. The Bertz CT molecular complexity index is 741. The lowest BCUT2D eigenvalue weighted by Gasteiger charge is -2.32. The van der Waals surface area contributed by atoms with Crippen LogP contribution in [0.15, 0.2) is 24.5 Å².